The number of rotatable bonds is 5. The average molecular weight is 169 g/mol. The lowest BCUT2D eigenvalue weighted by Gasteiger charge is -2.08. The molecule has 1 nitrogen and oxygen atoms in total. The highest BCUT2D eigenvalue weighted by Gasteiger charge is 2.20. The van der Waals surface area contributed by atoms with E-state index in [1.807, 2.05) is 0 Å². The number of nitrogens with two attached hydrogens (primary N) is 1. The van der Waals surface area contributed by atoms with Crippen LogP contribution in [0, 0.1) is 11.8 Å². The molecule has 0 spiro atoms. The van der Waals surface area contributed by atoms with Gasteiger partial charge in [0.25, 0.3) is 0 Å². The maximum atomic E-state index is 5.44. The summed E-state index contributed by atoms with van der Waals surface area (Å²) in [5.41, 5.74) is 5.44. The van der Waals surface area contributed by atoms with E-state index < -0.39 is 0 Å². The molecular weight excluding hydrogens is 146 g/mol. The lowest BCUT2D eigenvalue weighted by Crippen LogP contribution is -1.99. The lowest BCUT2D eigenvalue weighted by atomic mass is 9.99. The summed E-state index contributed by atoms with van der Waals surface area (Å²) < 4.78 is 0. The van der Waals surface area contributed by atoms with Gasteiger partial charge in [-0.2, -0.15) is 0 Å². The Kier molecular flexibility index (Phi) is 4.67. The second-order valence-electron chi connectivity index (χ2n) is 4.42. The van der Waals surface area contributed by atoms with E-state index in [1.54, 1.807) is 0 Å². The van der Waals surface area contributed by atoms with Gasteiger partial charge < -0.3 is 5.73 Å². The fourth-order valence-electron chi connectivity index (χ4n) is 2.34. The molecule has 0 bridgehead atoms. The molecule has 72 valence electrons. The minimum Gasteiger partial charge on any atom is -0.330 e. The molecule has 0 saturated heterocycles. The molecule has 12 heavy (non-hydrogen) atoms. The molecule has 0 heterocycles. The first-order valence-corrected chi connectivity index (χ1v) is 5.53. The second kappa shape index (κ2) is 5.58. The summed E-state index contributed by atoms with van der Waals surface area (Å²) in [4.78, 5) is 0. The maximum Gasteiger partial charge on any atom is -0.00773 e. The fourth-order valence-corrected chi connectivity index (χ4v) is 2.34. The van der Waals surface area contributed by atoms with Gasteiger partial charge in [-0.15, -0.1) is 0 Å². The smallest absolute Gasteiger partial charge is 0.00773 e. The van der Waals surface area contributed by atoms with Crippen molar-refractivity contribution in [2.75, 3.05) is 6.54 Å². The van der Waals surface area contributed by atoms with Gasteiger partial charge >= 0.3 is 0 Å². The Labute approximate surface area is 76.7 Å². The molecule has 2 atom stereocenters. The first-order valence-electron chi connectivity index (χ1n) is 5.53. The van der Waals surface area contributed by atoms with Crippen LogP contribution in [0.25, 0.3) is 0 Å². The third-order valence-corrected chi connectivity index (χ3v) is 3.12. The van der Waals surface area contributed by atoms with Crippen LogP contribution in [0.1, 0.15) is 51.9 Å². The van der Waals surface area contributed by atoms with E-state index in [9.17, 15) is 0 Å². The van der Waals surface area contributed by atoms with Crippen molar-refractivity contribution in [3.63, 3.8) is 0 Å². The topological polar surface area (TPSA) is 26.0 Å². The van der Waals surface area contributed by atoms with Crippen LogP contribution < -0.4 is 5.73 Å². The van der Waals surface area contributed by atoms with E-state index >= 15 is 0 Å². The Morgan fingerprint density at radius 2 is 2.00 bits per heavy atom. The second-order valence-corrected chi connectivity index (χ2v) is 4.42. The van der Waals surface area contributed by atoms with Gasteiger partial charge in [0, 0.05) is 0 Å². The van der Waals surface area contributed by atoms with Gasteiger partial charge in [0.1, 0.15) is 0 Å². The number of unbranched alkanes of at least 4 members (excludes halogenated alkanes) is 2. The van der Waals surface area contributed by atoms with Crippen LogP contribution in [0.4, 0.5) is 0 Å². The van der Waals surface area contributed by atoms with Crippen molar-refractivity contribution in [2.45, 2.75) is 51.9 Å². The average Bonchev–Trinajstić information content (AvgIpc) is 2.45. The normalized spacial score (nSPS) is 29.5. The minimum absolute atomic E-state index is 0.876. The monoisotopic (exact) mass is 169 g/mol. The predicted octanol–water partition coefficient (Wildman–Crippen LogP) is 2.94. The Bertz CT molecular complexity index is 112. The number of hydrogen-bond donors (Lipinski definition) is 1. The van der Waals surface area contributed by atoms with Crippen LogP contribution in [0.3, 0.4) is 0 Å². The van der Waals surface area contributed by atoms with E-state index in [0.717, 1.165) is 18.4 Å². The molecule has 0 aromatic carbocycles. The van der Waals surface area contributed by atoms with E-state index in [4.69, 9.17) is 5.73 Å². The zero-order valence-electron chi connectivity index (χ0n) is 8.39. The first-order chi connectivity index (χ1) is 5.83. The lowest BCUT2D eigenvalue weighted by molar-refractivity contribution is 0.452. The molecule has 0 aliphatic heterocycles. The quantitative estimate of drug-likeness (QED) is 0.629. The Morgan fingerprint density at radius 1 is 1.17 bits per heavy atom. The third kappa shape index (κ3) is 3.57. The minimum atomic E-state index is 0.876. The number of hydrogen-bond acceptors (Lipinski definition) is 1. The summed E-state index contributed by atoms with van der Waals surface area (Å²) in [5, 5.41) is 0. The maximum absolute atomic E-state index is 5.44. The molecule has 0 aromatic heterocycles. The highest BCUT2D eigenvalue weighted by molar-refractivity contribution is 4.72. The Balaban J connectivity index is 1.93. The molecule has 1 rings (SSSR count). The van der Waals surface area contributed by atoms with Crippen LogP contribution in [-0.4, -0.2) is 6.54 Å². The van der Waals surface area contributed by atoms with Gasteiger partial charge in [0.2, 0.25) is 0 Å². The van der Waals surface area contributed by atoms with Crippen molar-refractivity contribution >= 4 is 0 Å². The van der Waals surface area contributed by atoms with Gasteiger partial charge in [-0.1, -0.05) is 39.0 Å². The standard InChI is InChI=1S/C11H23N/c1-10-6-7-11(9-10)5-3-2-4-8-12/h10-11H,2-9,12H2,1H3. The molecule has 2 unspecified atom stereocenters. The van der Waals surface area contributed by atoms with E-state index in [2.05, 4.69) is 6.92 Å². The van der Waals surface area contributed by atoms with Crippen LogP contribution in [0.15, 0.2) is 0 Å². The summed E-state index contributed by atoms with van der Waals surface area (Å²) in [6, 6.07) is 0. The fraction of sp³-hybridized carbons (Fsp3) is 1.00. The molecule has 0 radical (unpaired) electrons. The summed E-state index contributed by atoms with van der Waals surface area (Å²) in [7, 11) is 0. The van der Waals surface area contributed by atoms with E-state index in [1.165, 1.54) is 44.9 Å². The van der Waals surface area contributed by atoms with Crippen molar-refractivity contribution in [1.82, 2.24) is 0 Å². The van der Waals surface area contributed by atoms with Crippen LogP contribution in [0.5, 0.6) is 0 Å². The van der Waals surface area contributed by atoms with E-state index in [0.29, 0.717) is 0 Å². The van der Waals surface area contributed by atoms with Crippen molar-refractivity contribution in [1.29, 1.82) is 0 Å². The molecule has 1 aliphatic rings. The third-order valence-electron chi connectivity index (χ3n) is 3.12. The van der Waals surface area contributed by atoms with Gasteiger partial charge in [-0.05, 0) is 31.2 Å². The van der Waals surface area contributed by atoms with Gasteiger partial charge in [-0.25, -0.2) is 0 Å². The predicted molar refractivity (Wildman–Crippen MR) is 54.0 cm³/mol. The molecule has 1 aliphatic carbocycles. The molecule has 1 fully saturated rings. The molecule has 2 N–H and O–H groups in total. The summed E-state index contributed by atoms with van der Waals surface area (Å²) >= 11 is 0. The van der Waals surface area contributed by atoms with Crippen molar-refractivity contribution in [3.8, 4) is 0 Å². The summed E-state index contributed by atoms with van der Waals surface area (Å²) in [5.74, 6) is 2.06. The van der Waals surface area contributed by atoms with Gasteiger partial charge in [0.15, 0.2) is 0 Å². The molecule has 0 aromatic rings. The largest absolute Gasteiger partial charge is 0.330 e. The molecule has 1 heteroatoms. The SMILES string of the molecule is CC1CCC(CCCCCN)C1. The van der Waals surface area contributed by atoms with Gasteiger partial charge in [0.05, 0.1) is 0 Å². The summed E-state index contributed by atoms with van der Waals surface area (Å²) in [6.07, 6.45) is 9.90. The highest BCUT2D eigenvalue weighted by atomic mass is 14.5. The molecular formula is C11H23N. The van der Waals surface area contributed by atoms with Gasteiger partial charge in [-0.3, -0.25) is 0 Å². The van der Waals surface area contributed by atoms with Crippen LogP contribution in [0.2, 0.25) is 0 Å². The van der Waals surface area contributed by atoms with E-state index in [-0.39, 0.29) is 0 Å². The first kappa shape index (κ1) is 10.0. The van der Waals surface area contributed by atoms with Crippen molar-refractivity contribution in [3.05, 3.63) is 0 Å². The highest BCUT2D eigenvalue weighted by Crippen LogP contribution is 2.33. The molecule has 1 saturated carbocycles. The Hall–Kier alpha value is -0.0400. The summed E-state index contributed by atoms with van der Waals surface area (Å²) in [6.45, 7) is 3.26. The van der Waals surface area contributed by atoms with Crippen molar-refractivity contribution < 1.29 is 0 Å². The molecule has 0 amide bonds. The zero-order chi connectivity index (χ0) is 8.81. The Morgan fingerprint density at radius 3 is 2.58 bits per heavy atom. The zero-order valence-corrected chi connectivity index (χ0v) is 8.39. The van der Waals surface area contributed by atoms with Crippen LogP contribution in [-0.2, 0) is 0 Å². The van der Waals surface area contributed by atoms with Crippen molar-refractivity contribution in [2.24, 2.45) is 17.6 Å². The van der Waals surface area contributed by atoms with Crippen LogP contribution >= 0.6 is 0 Å².